The highest BCUT2D eigenvalue weighted by Crippen LogP contribution is 2.66. The van der Waals surface area contributed by atoms with Crippen LogP contribution in [0, 0.1) is 11.8 Å². The number of hydrogen-bond donors (Lipinski definition) is 0. The molecule has 204 valence electrons. The molecular formula is C38H36OP2. The van der Waals surface area contributed by atoms with Gasteiger partial charge in [0.1, 0.15) is 0 Å². The molecule has 1 nitrogen and oxygen atoms in total. The maximum atomic E-state index is 7.07. The normalized spacial score (nSPS) is 22.5. The summed E-state index contributed by atoms with van der Waals surface area (Å²) in [7, 11) is -1.15. The molecule has 0 radical (unpaired) electrons. The molecule has 5 aromatic rings. The Morgan fingerprint density at radius 1 is 0.415 bits per heavy atom. The predicted octanol–water partition coefficient (Wildman–Crippen LogP) is 8.09. The van der Waals surface area contributed by atoms with Gasteiger partial charge in [0.25, 0.3) is 0 Å². The summed E-state index contributed by atoms with van der Waals surface area (Å²) in [5.74, 6) is 0.850. The van der Waals surface area contributed by atoms with E-state index in [2.05, 4.69) is 159 Å². The first-order valence-electron chi connectivity index (χ1n) is 14.8. The van der Waals surface area contributed by atoms with E-state index in [1.807, 2.05) is 0 Å². The molecule has 0 aliphatic carbocycles. The van der Waals surface area contributed by atoms with Gasteiger partial charge in [0.15, 0.2) is 0 Å². The lowest BCUT2D eigenvalue weighted by atomic mass is 9.73. The molecule has 2 unspecified atom stereocenters. The van der Waals surface area contributed by atoms with Crippen molar-refractivity contribution in [3.8, 4) is 0 Å². The van der Waals surface area contributed by atoms with Crippen LogP contribution < -0.4 is 21.2 Å². The highest BCUT2D eigenvalue weighted by Gasteiger charge is 2.57. The van der Waals surface area contributed by atoms with Gasteiger partial charge in [0.05, 0.1) is 12.2 Å². The van der Waals surface area contributed by atoms with Crippen molar-refractivity contribution in [3.63, 3.8) is 0 Å². The summed E-state index contributed by atoms with van der Waals surface area (Å²) in [5.41, 5.74) is 3.73. The zero-order chi connectivity index (χ0) is 27.8. The summed E-state index contributed by atoms with van der Waals surface area (Å²) in [6, 6.07) is 54.0. The lowest BCUT2D eigenvalue weighted by Gasteiger charge is -2.42. The standard InChI is InChI=1S/C38H36OP2/c1-27(40(29-17-7-3-8-18-29)30-19-9-4-10-20-30)35-36(38-34-26-16-15-25-33(34)37(35)39-38)28(2)41(31-21-11-5-12-22-31)32-23-13-6-14-24-32/h3-28,35-38H,1-2H3/t27-,28-,35-,36-,37?,38?/m1/s1. The minimum Gasteiger partial charge on any atom is -0.365 e. The molecule has 0 spiro atoms. The molecule has 0 amide bonds. The molecule has 41 heavy (non-hydrogen) atoms. The second-order valence-electron chi connectivity index (χ2n) is 11.3. The second kappa shape index (κ2) is 11.7. The van der Waals surface area contributed by atoms with E-state index in [9.17, 15) is 0 Å². The van der Waals surface area contributed by atoms with Gasteiger partial charge in [-0.25, -0.2) is 0 Å². The SMILES string of the molecule is C[C@H]([C@H]1C2OC(c3ccccc32)[C@@H]1[C@@H](C)P(c1ccccc1)c1ccccc1)P(c1ccccc1)c1ccccc1. The van der Waals surface area contributed by atoms with Crippen molar-refractivity contribution in [2.75, 3.05) is 0 Å². The first-order chi connectivity index (χ1) is 20.2. The highest BCUT2D eigenvalue weighted by atomic mass is 31.1. The van der Waals surface area contributed by atoms with Gasteiger partial charge in [0, 0.05) is 11.8 Å². The third kappa shape index (κ3) is 4.89. The molecule has 5 aromatic carbocycles. The van der Waals surface area contributed by atoms with Crippen LogP contribution in [0.2, 0.25) is 0 Å². The van der Waals surface area contributed by atoms with E-state index < -0.39 is 15.8 Å². The van der Waals surface area contributed by atoms with Gasteiger partial charge >= 0.3 is 0 Å². The number of fused-ring (bicyclic) bond motifs is 5. The van der Waals surface area contributed by atoms with Crippen LogP contribution in [-0.2, 0) is 4.74 Å². The van der Waals surface area contributed by atoms with E-state index in [1.54, 1.807) is 0 Å². The topological polar surface area (TPSA) is 9.23 Å². The summed E-state index contributed by atoms with van der Waals surface area (Å²) in [6.45, 7) is 5.05. The monoisotopic (exact) mass is 570 g/mol. The molecule has 2 aliphatic rings. The molecule has 2 aliphatic heterocycles. The molecular weight excluding hydrogens is 534 g/mol. The fourth-order valence-electron chi connectivity index (χ4n) is 7.42. The van der Waals surface area contributed by atoms with Crippen LogP contribution in [0.1, 0.15) is 37.2 Å². The summed E-state index contributed by atoms with van der Waals surface area (Å²) >= 11 is 0. The minimum atomic E-state index is -0.576. The average Bonchev–Trinajstić information content (AvgIpc) is 3.61. The van der Waals surface area contributed by atoms with Crippen molar-refractivity contribution >= 4 is 37.1 Å². The number of hydrogen-bond acceptors (Lipinski definition) is 1. The Bertz CT molecular complexity index is 1380. The van der Waals surface area contributed by atoms with E-state index in [-0.39, 0.29) is 12.2 Å². The first kappa shape index (κ1) is 26.8. The van der Waals surface area contributed by atoms with Gasteiger partial charge in [-0.3, -0.25) is 0 Å². The third-order valence-electron chi connectivity index (χ3n) is 9.11. The molecule has 7 rings (SSSR count). The maximum Gasteiger partial charge on any atom is 0.0875 e. The maximum absolute atomic E-state index is 7.07. The van der Waals surface area contributed by atoms with Gasteiger partial charge in [-0.1, -0.05) is 159 Å². The summed E-state index contributed by atoms with van der Waals surface area (Å²) < 4.78 is 7.07. The lowest BCUT2D eigenvalue weighted by Crippen LogP contribution is -2.39. The van der Waals surface area contributed by atoms with Crippen LogP contribution in [0.3, 0.4) is 0 Å². The quantitative estimate of drug-likeness (QED) is 0.171. The lowest BCUT2D eigenvalue weighted by molar-refractivity contribution is 0.0540. The van der Waals surface area contributed by atoms with Crippen LogP contribution in [-0.4, -0.2) is 11.3 Å². The summed E-state index contributed by atoms with van der Waals surface area (Å²) in [6.07, 6.45) is 0.277. The zero-order valence-electron chi connectivity index (χ0n) is 23.6. The molecule has 2 heterocycles. The van der Waals surface area contributed by atoms with Crippen molar-refractivity contribution in [2.24, 2.45) is 11.8 Å². The van der Waals surface area contributed by atoms with Gasteiger partial charge in [-0.15, -0.1) is 0 Å². The Morgan fingerprint density at radius 2 is 0.683 bits per heavy atom. The van der Waals surface area contributed by atoms with Crippen LogP contribution in [0.5, 0.6) is 0 Å². The second-order valence-corrected chi connectivity index (χ2v) is 16.5. The summed E-state index contributed by atoms with van der Waals surface area (Å²) in [5, 5.41) is 5.82. The smallest absolute Gasteiger partial charge is 0.0875 e. The highest BCUT2D eigenvalue weighted by molar-refractivity contribution is 7.74. The van der Waals surface area contributed by atoms with E-state index in [0.29, 0.717) is 23.2 Å². The fourth-order valence-corrected chi connectivity index (χ4v) is 13.3. The molecule has 1 saturated heterocycles. The van der Waals surface area contributed by atoms with E-state index in [0.717, 1.165) is 0 Å². The van der Waals surface area contributed by atoms with Crippen molar-refractivity contribution in [3.05, 3.63) is 157 Å². The van der Waals surface area contributed by atoms with E-state index in [4.69, 9.17) is 4.74 Å². The largest absolute Gasteiger partial charge is 0.365 e. The Morgan fingerprint density at radius 3 is 0.976 bits per heavy atom. The van der Waals surface area contributed by atoms with Crippen LogP contribution in [0.25, 0.3) is 0 Å². The Kier molecular flexibility index (Phi) is 7.62. The summed E-state index contributed by atoms with van der Waals surface area (Å²) in [4.78, 5) is 0. The van der Waals surface area contributed by atoms with Gasteiger partial charge in [0.2, 0.25) is 0 Å². The molecule has 0 saturated carbocycles. The van der Waals surface area contributed by atoms with E-state index in [1.165, 1.54) is 32.3 Å². The van der Waals surface area contributed by atoms with Crippen LogP contribution in [0.4, 0.5) is 0 Å². The van der Waals surface area contributed by atoms with Crippen LogP contribution in [0.15, 0.2) is 146 Å². The van der Waals surface area contributed by atoms with E-state index >= 15 is 0 Å². The van der Waals surface area contributed by atoms with Gasteiger partial charge in [-0.05, 0) is 59.5 Å². The number of ether oxygens (including phenoxy) is 1. The molecule has 2 bridgehead atoms. The number of rotatable bonds is 8. The van der Waals surface area contributed by atoms with Crippen molar-refractivity contribution in [1.29, 1.82) is 0 Å². The number of benzene rings is 5. The molecule has 6 atom stereocenters. The minimum absolute atomic E-state index is 0.138. The molecule has 0 N–H and O–H groups in total. The Labute approximate surface area is 247 Å². The van der Waals surface area contributed by atoms with Crippen molar-refractivity contribution < 1.29 is 4.74 Å². The molecule has 1 fully saturated rings. The van der Waals surface area contributed by atoms with Gasteiger partial charge < -0.3 is 4.74 Å². The predicted molar refractivity (Wildman–Crippen MR) is 177 cm³/mol. The van der Waals surface area contributed by atoms with Crippen LogP contribution >= 0.6 is 15.8 Å². The molecule has 3 heteroatoms. The third-order valence-corrected chi connectivity index (χ3v) is 14.8. The Balaban J connectivity index is 1.36. The van der Waals surface area contributed by atoms with Gasteiger partial charge in [-0.2, -0.15) is 0 Å². The fraction of sp³-hybridized carbons (Fsp3) is 0.211. The average molecular weight is 571 g/mol. The zero-order valence-corrected chi connectivity index (χ0v) is 25.4. The first-order valence-corrected chi connectivity index (χ1v) is 17.6. The van der Waals surface area contributed by atoms with Crippen molar-refractivity contribution in [2.45, 2.75) is 37.4 Å². The Hall–Kier alpha value is -3.08. The molecule has 0 aromatic heterocycles. The van der Waals surface area contributed by atoms with Crippen molar-refractivity contribution in [1.82, 2.24) is 0 Å².